The highest BCUT2D eigenvalue weighted by molar-refractivity contribution is 8.77. The smallest absolute Gasteiger partial charge is 0.328 e. The van der Waals surface area contributed by atoms with Gasteiger partial charge in [-0.15, -0.1) is 0 Å². The number of aromatic hydroxyl groups is 1. The van der Waals surface area contributed by atoms with Gasteiger partial charge in [-0.25, -0.2) is 4.79 Å². The quantitative estimate of drug-likeness (QED) is 0.114. The van der Waals surface area contributed by atoms with Gasteiger partial charge in [0.1, 0.15) is 11.8 Å². The first kappa shape index (κ1) is 30.3. The monoisotopic (exact) mass is 542 g/mol. The minimum atomic E-state index is -0.841. The molecule has 0 radical (unpaired) electrons. The number of benzene rings is 1. The number of unbranched alkanes of at least 4 members (excludes halogenated alkanes) is 2. The summed E-state index contributed by atoms with van der Waals surface area (Å²) in [5.74, 6) is -0.671. The summed E-state index contributed by atoms with van der Waals surface area (Å²) in [6.45, 7) is -0.409. The fraction of sp³-hybridized carbons (Fsp3) is 0.640. The van der Waals surface area contributed by atoms with Crippen LogP contribution in [0.25, 0.3) is 0 Å². The zero-order valence-electron chi connectivity index (χ0n) is 20.5. The Morgan fingerprint density at radius 1 is 1.08 bits per heavy atom. The zero-order chi connectivity index (χ0) is 26.2. The molecule has 2 atom stereocenters. The van der Waals surface area contributed by atoms with E-state index in [9.17, 15) is 29.7 Å². The standard InChI is InChI=1S/C25H38N2O7S2/c28-15-18(16-29)17-34-25(33)21(27-23(31)11-4-1-7-19-12-14-35-36-19)9-5-6-13-26-24(32)20-8-2-3-10-22(20)30/h2-3,8,10,18-19,21,28-30H,1,4-7,9,11-17H2,(H,26,32)(H,27,31). The lowest BCUT2D eigenvalue weighted by atomic mass is 10.1. The molecule has 1 saturated heterocycles. The van der Waals surface area contributed by atoms with Crippen LogP contribution >= 0.6 is 21.6 Å². The molecule has 0 aromatic heterocycles. The van der Waals surface area contributed by atoms with Gasteiger partial charge in [-0.3, -0.25) is 9.59 Å². The van der Waals surface area contributed by atoms with Crippen molar-refractivity contribution in [1.82, 2.24) is 10.6 Å². The van der Waals surface area contributed by atoms with E-state index >= 15 is 0 Å². The number of esters is 1. The van der Waals surface area contributed by atoms with Crippen molar-refractivity contribution in [3.05, 3.63) is 29.8 Å². The van der Waals surface area contributed by atoms with E-state index in [2.05, 4.69) is 10.6 Å². The van der Waals surface area contributed by atoms with Gasteiger partial charge in [-0.2, -0.15) is 0 Å². The van der Waals surface area contributed by atoms with E-state index in [4.69, 9.17) is 4.74 Å². The van der Waals surface area contributed by atoms with Gasteiger partial charge < -0.3 is 30.7 Å². The molecule has 1 aliphatic rings. The van der Waals surface area contributed by atoms with E-state index < -0.39 is 17.9 Å². The van der Waals surface area contributed by atoms with Gasteiger partial charge in [-0.1, -0.05) is 40.1 Å². The van der Waals surface area contributed by atoms with Crippen LogP contribution in [-0.2, 0) is 14.3 Å². The minimum Gasteiger partial charge on any atom is -0.507 e. The lowest BCUT2D eigenvalue weighted by Crippen LogP contribution is -2.42. The number of phenols is 1. The Bertz CT molecular complexity index is 817. The number of phenolic OH excluding ortho intramolecular Hbond substituents is 1. The van der Waals surface area contributed by atoms with E-state index in [0.29, 0.717) is 37.5 Å². The van der Waals surface area contributed by atoms with Crippen molar-refractivity contribution in [3.8, 4) is 5.75 Å². The molecule has 1 aromatic carbocycles. The Balaban J connectivity index is 1.76. The van der Waals surface area contributed by atoms with Gasteiger partial charge >= 0.3 is 5.97 Å². The highest BCUT2D eigenvalue weighted by atomic mass is 33.1. The fourth-order valence-electron chi connectivity index (χ4n) is 3.64. The molecule has 0 aliphatic carbocycles. The number of hydrogen-bond acceptors (Lipinski definition) is 9. The molecule has 1 aromatic rings. The first-order valence-corrected chi connectivity index (χ1v) is 14.8. The number of nitrogens with one attached hydrogen (secondary N) is 2. The van der Waals surface area contributed by atoms with Gasteiger partial charge in [0, 0.05) is 29.9 Å². The van der Waals surface area contributed by atoms with Crippen molar-refractivity contribution in [2.45, 2.75) is 62.7 Å². The molecule has 1 fully saturated rings. The van der Waals surface area contributed by atoms with Crippen molar-refractivity contribution < 1.29 is 34.4 Å². The Hall–Kier alpha value is -1.95. The second kappa shape index (κ2) is 17.5. The highest BCUT2D eigenvalue weighted by Crippen LogP contribution is 2.39. The van der Waals surface area contributed by atoms with Gasteiger partial charge in [0.15, 0.2) is 0 Å². The molecule has 2 unspecified atom stereocenters. The summed E-state index contributed by atoms with van der Waals surface area (Å²) in [6, 6.07) is 5.43. The predicted molar refractivity (Wildman–Crippen MR) is 142 cm³/mol. The molecule has 36 heavy (non-hydrogen) atoms. The average molecular weight is 543 g/mol. The summed E-state index contributed by atoms with van der Waals surface area (Å²) in [6.07, 6.45) is 5.79. The summed E-state index contributed by atoms with van der Waals surface area (Å²) in [7, 11) is 3.82. The van der Waals surface area contributed by atoms with E-state index in [1.165, 1.54) is 24.3 Å². The number of ether oxygens (including phenoxy) is 1. The van der Waals surface area contributed by atoms with Crippen LogP contribution in [0.5, 0.6) is 5.75 Å². The van der Waals surface area contributed by atoms with Gasteiger partial charge in [0.05, 0.1) is 25.4 Å². The first-order chi connectivity index (χ1) is 17.4. The molecule has 0 saturated carbocycles. The molecule has 0 spiro atoms. The largest absolute Gasteiger partial charge is 0.507 e. The second-order valence-corrected chi connectivity index (χ2v) is 11.6. The van der Waals surface area contributed by atoms with E-state index in [1.807, 2.05) is 21.6 Å². The molecule has 1 heterocycles. The lowest BCUT2D eigenvalue weighted by Gasteiger charge is -2.19. The van der Waals surface area contributed by atoms with Crippen LogP contribution < -0.4 is 10.6 Å². The molecule has 5 N–H and O–H groups in total. The Labute approximate surface area is 220 Å². The summed E-state index contributed by atoms with van der Waals surface area (Å²) in [5, 5.41) is 34.3. The highest BCUT2D eigenvalue weighted by Gasteiger charge is 2.23. The van der Waals surface area contributed by atoms with Crippen LogP contribution in [0.4, 0.5) is 0 Å². The normalized spacial score (nSPS) is 16.0. The average Bonchev–Trinajstić information content (AvgIpc) is 3.40. The number of para-hydroxylation sites is 1. The van der Waals surface area contributed by atoms with Gasteiger partial charge in [0.25, 0.3) is 5.91 Å². The Morgan fingerprint density at radius 3 is 2.56 bits per heavy atom. The van der Waals surface area contributed by atoms with E-state index in [1.54, 1.807) is 12.1 Å². The molecule has 1 aliphatic heterocycles. The van der Waals surface area contributed by atoms with E-state index in [-0.39, 0.29) is 42.9 Å². The van der Waals surface area contributed by atoms with Crippen LogP contribution in [0.1, 0.15) is 61.7 Å². The van der Waals surface area contributed by atoms with Crippen LogP contribution in [0.2, 0.25) is 0 Å². The van der Waals surface area contributed by atoms with Crippen LogP contribution in [0.3, 0.4) is 0 Å². The van der Waals surface area contributed by atoms with Crippen molar-refractivity contribution >= 4 is 39.4 Å². The maximum atomic E-state index is 12.6. The van der Waals surface area contributed by atoms with Crippen molar-refractivity contribution in [2.75, 3.05) is 32.1 Å². The summed E-state index contributed by atoms with van der Waals surface area (Å²) < 4.78 is 5.23. The Morgan fingerprint density at radius 2 is 1.86 bits per heavy atom. The number of aliphatic hydroxyl groups is 2. The van der Waals surface area contributed by atoms with Crippen LogP contribution in [0, 0.1) is 5.92 Å². The molecule has 9 nitrogen and oxygen atoms in total. The number of amides is 2. The van der Waals surface area contributed by atoms with E-state index in [0.717, 1.165) is 19.3 Å². The first-order valence-electron chi connectivity index (χ1n) is 12.5. The maximum Gasteiger partial charge on any atom is 0.328 e. The minimum absolute atomic E-state index is 0.0922. The lowest BCUT2D eigenvalue weighted by molar-refractivity contribution is -0.150. The SMILES string of the molecule is O=C(CCCCC1CCSS1)NC(CCCCNC(=O)c1ccccc1O)C(=O)OCC(CO)CO. The number of hydrogen-bond donors (Lipinski definition) is 5. The van der Waals surface area contributed by atoms with Crippen LogP contribution in [-0.4, -0.2) is 76.5 Å². The third kappa shape index (κ3) is 11.4. The van der Waals surface area contributed by atoms with Crippen molar-refractivity contribution in [2.24, 2.45) is 5.92 Å². The molecular formula is C25H38N2O7S2. The van der Waals surface area contributed by atoms with Gasteiger partial charge in [0.2, 0.25) is 5.91 Å². The molecular weight excluding hydrogens is 504 g/mol. The summed E-state index contributed by atoms with van der Waals surface area (Å²) in [4.78, 5) is 37.3. The van der Waals surface area contributed by atoms with Crippen LogP contribution in [0.15, 0.2) is 24.3 Å². The Kier molecular flexibility index (Phi) is 14.7. The zero-order valence-corrected chi connectivity index (χ0v) is 22.2. The maximum absolute atomic E-state index is 12.6. The molecule has 2 amide bonds. The van der Waals surface area contributed by atoms with Gasteiger partial charge in [-0.05, 0) is 50.7 Å². The third-order valence-electron chi connectivity index (χ3n) is 5.86. The molecule has 0 bridgehead atoms. The second-order valence-electron chi connectivity index (χ2n) is 8.82. The van der Waals surface area contributed by atoms with Crippen molar-refractivity contribution in [3.63, 3.8) is 0 Å². The number of carbonyl (C=O) groups is 3. The molecule has 11 heteroatoms. The molecule has 2 rings (SSSR count). The third-order valence-corrected chi connectivity index (χ3v) is 8.87. The van der Waals surface area contributed by atoms with Crippen molar-refractivity contribution in [1.29, 1.82) is 0 Å². The topological polar surface area (TPSA) is 145 Å². The summed E-state index contributed by atoms with van der Waals surface area (Å²) >= 11 is 0. The number of carbonyl (C=O) groups excluding carboxylic acids is 3. The fourth-order valence-corrected chi connectivity index (χ4v) is 6.67. The summed E-state index contributed by atoms with van der Waals surface area (Å²) in [5.41, 5.74) is 0.193. The predicted octanol–water partition coefficient (Wildman–Crippen LogP) is 2.64. The number of aliphatic hydroxyl groups excluding tert-OH is 2. The number of rotatable bonds is 17. The molecule has 202 valence electrons.